The highest BCUT2D eigenvalue weighted by Crippen LogP contribution is 2.25. The first-order valence-corrected chi connectivity index (χ1v) is 6.02. The molecule has 96 valence electrons. The second kappa shape index (κ2) is 5.00. The predicted molar refractivity (Wildman–Crippen MR) is 72.0 cm³/mol. The lowest BCUT2D eigenvalue weighted by Gasteiger charge is -2.35. The van der Waals surface area contributed by atoms with Crippen molar-refractivity contribution in [3.8, 4) is 0 Å². The minimum atomic E-state index is 0.193. The largest absolute Gasteiger partial charge is 0.341 e. The zero-order valence-corrected chi connectivity index (χ0v) is 11.8. The fourth-order valence-electron chi connectivity index (χ4n) is 1.60. The van der Waals surface area contributed by atoms with Crippen LogP contribution in [0.5, 0.6) is 0 Å². The van der Waals surface area contributed by atoms with Crippen LogP contribution < -0.4 is 10.6 Å². The van der Waals surface area contributed by atoms with E-state index in [1.165, 1.54) is 0 Å². The second-order valence-corrected chi connectivity index (χ2v) is 5.64. The number of nitrogens with zero attached hydrogens (tertiary/aromatic N) is 3. The third-order valence-electron chi connectivity index (χ3n) is 3.44. The number of rotatable bonds is 3. The van der Waals surface area contributed by atoms with Gasteiger partial charge in [0.15, 0.2) is 0 Å². The van der Waals surface area contributed by atoms with Crippen LogP contribution in [0.15, 0.2) is 6.20 Å². The van der Waals surface area contributed by atoms with Crippen LogP contribution in [0.3, 0.4) is 0 Å². The summed E-state index contributed by atoms with van der Waals surface area (Å²) in [6.07, 6.45) is 1.82. The Balaban J connectivity index is 2.97. The van der Waals surface area contributed by atoms with Gasteiger partial charge in [-0.3, -0.25) is 0 Å². The van der Waals surface area contributed by atoms with E-state index in [1.54, 1.807) is 0 Å². The summed E-state index contributed by atoms with van der Waals surface area (Å²) in [5.74, 6) is 0.766. The van der Waals surface area contributed by atoms with Crippen molar-refractivity contribution in [1.82, 2.24) is 9.97 Å². The van der Waals surface area contributed by atoms with Crippen LogP contribution in [0.1, 0.15) is 39.0 Å². The summed E-state index contributed by atoms with van der Waals surface area (Å²) < 4.78 is 0. The number of anilines is 1. The topological polar surface area (TPSA) is 55.0 Å². The van der Waals surface area contributed by atoms with Crippen LogP contribution in [-0.4, -0.2) is 23.1 Å². The predicted octanol–water partition coefficient (Wildman–Crippen LogP) is 2.11. The molecule has 4 nitrogen and oxygen atoms in total. The van der Waals surface area contributed by atoms with Gasteiger partial charge in [-0.25, -0.2) is 9.97 Å². The Bertz CT molecular complexity index is 381. The zero-order valence-electron chi connectivity index (χ0n) is 11.8. The molecule has 0 bridgehead atoms. The van der Waals surface area contributed by atoms with Gasteiger partial charge in [0.05, 0.1) is 0 Å². The van der Waals surface area contributed by atoms with Crippen molar-refractivity contribution in [2.24, 2.45) is 11.1 Å². The van der Waals surface area contributed by atoms with E-state index in [1.807, 2.05) is 20.2 Å². The van der Waals surface area contributed by atoms with E-state index in [-0.39, 0.29) is 5.41 Å². The molecule has 0 aliphatic rings. The fourth-order valence-corrected chi connectivity index (χ4v) is 1.60. The van der Waals surface area contributed by atoms with E-state index >= 15 is 0 Å². The minimum absolute atomic E-state index is 0.193. The molecule has 0 radical (unpaired) electrons. The van der Waals surface area contributed by atoms with Crippen molar-refractivity contribution in [3.63, 3.8) is 0 Å². The standard InChI is InChI=1S/C13H24N4/c1-9-11(7-14)8-15-12(16-9)17(6)10(2)13(3,4)5/h8,10H,7,14H2,1-6H3. The van der Waals surface area contributed by atoms with E-state index < -0.39 is 0 Å². The molecular weight excluding hydrogens is 212 g/mol. The van der Waals surface area contributed by atoms with E-state index in [0.29, 0.717) is 12.6 Å². The molecule has 1 aromatic heterocycles. The lowest BCUT2D eigenvalue weighted by molar-refractivity contribution is 0.327. The third kappa shape index (κ3) is 3.16. The maximum Gasteiger partial charge on any atom is 0.225 e. The lowest BCUT2D eigenvalue weighted by atomic mass is 9.87. The molecule has 4 heteroatoms. The van der Waals surface area contributed by atoms with Crippen LogP contribution in [0, 0.1) is 12.3 Å². The zero-order chi connectivity index (χ0) is 13.2. The first-order chi connectivity index (χ1) is 7.77. The number of aromatic nitrogens is 2. The summed E-state index contributed by atoms with van der Waals surface area (Å²) in [7, 11) is 2.03. The summed E-state index contributed by atoms with van der Waals surface area (Å²) in [6, 6.07) is 0.366. The first kappa shape index (κ1) is 13.9. The second-order valence-electron chi connectivity index (χ2n) is 5.64. The fraction of sp³-hybridized carbons (Fsp3) is 0.692. The Morgan fingerprint density at radius 1 is 1.41 bits per heavy atom. The molecule has 0 spiro atoms. The maximum atomic E-state index is 5.61. The van der Waals surface area contributed by atoms with Crippen LogP contribution in [0.4, 0.5) is 5.95 Å². The Hall–Kier alpha value is -1.16. The van der Waals surface area contributed by atoms with Gasteiger partial charge in [-0.05, 0) is 19.3 Å². The highest BCUT2D eigenvalue weighted by Gasteiger charge is 2.25. The number of hydrogen-bond acceptors (Lipinski definition) is 4. The molecule has 1 rings (SSSR count). The van der Waals surface area contributed by atoms with Gasteiger partial charge < -0.3 is 10.6 Å². The van der Waals surface area contributed by atoms with Gasteiger partial charge in [0.2, 0.25) is 5.95 Å². The number of nitrogens with two attached hydrogens (primary N) is 1. The maximum absolute atomic E-state index is 5.61. The Morgan fingerprint density at radius 3 is 2.41 bits per heavy atom. The smallest absolute Gasteiger partial charge is 0.225 e. The highest BCUT2D eigenvalue weighted by atomic mass is 15.3. The van der Waals surface area contributed by atoms with Crippen LogP contribution in [0.2, 0.25) is 0 Å². The molecule has 2 N–H and O–H groups in total. The molecular formula is C13H24N4. The lowest BCUT2D eigenvalue weighted by Crippen LogP contribution is -2.40. The van der Waals surface area contributed by atoms with E-state index in [0.717, 1.165) is 17.2 Å². The van der Waals surface area contributed by atoms with Gasteiger partial charge in [0.25, 0.3) is 0 Å². The van der Waals surface area contributed by atoms with Crippen molar-refractivity contribution in [2.45, 2.75) is 47.2 Å². The quantitative estimate of drug-likeness (QED) is 0.873. The van der Waals surface area contributed by atoms with Crippen molar-refractivity contribution in [3.05, 3.63) is 17.5 Å². The molecule has 1 aromatic rings. The molecule has 1 unspecified atom stereocenters. The molecule has 0 aliphatic heterocycles. The van der Waals surface area contributed by atoms with E-state index in [9.17, 15) is 0 Å². The van der Waals surface area contributed by atoms with Crippen molar-refractivity contribution < 1.29 is 0 Å². The van der Waals surface area contributed by atoms with Gasteiger partial charge in [0.1, 0.15) is 0 Å². The summed E-state index contributed by atoms with van der Waals surface area (Å²) in [5, 5.41) is 0. The van der Waals surface area contributed by atoms with Crippen LogP contribution in [-0.2, 0) is 6.54 Å². The number of aryl methyl sites for hydroxylation is 1. The summed E-state index contributed by atoms with van der Waals surface area (Å²) >= 11 is 0. The van der Waals surface area contributed by atoms with Gasteiger partial charge >= 0.3 is 0 Å². The molecule has 17 heavy (non-hydrogen) atoms. The van der Waals surface area contributed by atoms with Crippen molar-refractivity contribution in [2.75, 3.05) is 11.9 Å². The Morgan fingerprint density at radius 2 is 2.00 bits per heavy atom. The molecule has 1 atom stereocenters. The summed E-state index contributed by atoms with van der Waals surface area (Å²) in [4.78, 5) is 11.0. The SMILES string of the molecule is Cc1nc(N(C)C(C)C(C)(C)C)ncc1CN. The van der Waals surface area contributed by atoms with Crippen molar-refractivity contribution >= 4 is 5.95 Å². The normalized spacial score (nSPS) is 13.6. The molecule has 0 saturated carbocycles. The Labute approximate surface area is 104 Å². The van der Waals surface area contributed by atoms with Gasteiger partial charge in [-0.2, -0.15) is 0 Å². The molecule has 0 fully saturated rings. The Kier molecular flexibility index (Phi) is 4.09. The van der Waals surface area contributed by atoms with Gasteiger partial charge in [-0.15, -0.1) is 0 Å². The van der Waals surface area contributed by atoms with Crippen LogP contribution in [0.25, 0.3) is 0 Å². The monoisotopic (exact) mass is 236 g/mol. The summed E-state index contributed by atoms with van der Waals surface area (Å²) in [6.45, 7) is 11.3. The van der Waals surface area contributed by atoms with Crippen LogP contribution >= 0.6 is 0 Å². The van der Waals surface area contributed by atoms with Gasteiger partial charge in [0, 0.05) is 37.1 Å². The van der Waals surface area contributed by atoms with Crippen molar-refractivity contribution in [1.29, 1.82) is 0 Å². The molecule has 0 saturated heterocycles. The highest BCUT2D eigenvalue weighted by molar-refractivity contribution is 5.33. The average molecular weight is 236 g/mol. The molecule has 1 heterocycles. The third-order valence-corrected chi connectivity index (χ3v) is 3.44. The van der Waals surface area contributed by atoms with E-state index in [2.05, 4.69) is 42.6 Å². The minimum Gasteiger partial charge on any atom is -0.341 e. The molecule has 0 amide bonds. The number of hydrogen-bond donors (Lipinski definition) is 1. The molecule has 0 aromatic carbocycles. The summed E-state index contributed by atoms with van der Waals surface area (Å²) in [5.41, 5.74) is 7.77. The van der Waals surface area contributed by atoms with E-state index in [4.69, 9.17) is 5.73 Å². The first-order valence-electron chi connectivity index (χ1n) is 6.02. The van der Waals surface area contributed by atoms with Gasteiger partial charge in [-0.1, -0.05) is 20.8 Å². The average Bonchev–Trinajstić information content (AvgIpc) is 2.25. The molecule has 0 aliphatic carbocycles.